The second kappa shape index (κ2) is 5.78. The van der Waals surface area contributed by atoms with Gasteiger partial charge in [0.05, 0.1) is 7.11 Å². The van der Waals surface area contributed by atoms with Crippen LogP contribution in [-0.2, 0) is 6.61 Å². The predicted molar refractivity (Wildman–Crippen MR) is 75.9 cm³/mol. The Balaban J connectivity index is 2.11. The molecule has 94 valence electrons. The van der Waals surface area contributed by atoms with Gasteiger partial charge < -0.3 is 15.2 Å². The fourth-order valence-electron chi connectivity index (χ4n) is 1.57. The molecule has 0 radical (unpaired) electrons. The van der Waals surface area contributed by atoms with Crippen molar-refractivity contribution in [2.75, 3.05) is 12.8 Å². The number of halogens is 1. The average molecular weight is 308 g/mol. The lowest BCUT2D eigenvalue weighted by atomic mass is 10.2. The molecular formula is C14H14BrNO2. The van der Waals surface area contributed by atoms with Gasteiger partial charge in [-0.2, -0.15) is 0 Å². The summed E-state index contributed by atoms with van der Waals surface area (Å²) in [6.07, 6.45) is 0. The zero-order valence-electron chi connectivity index (χ0n) is 10.0. The molecule has 0 spiro atoms. The van der Waals surface area contributed by atoms with Crippen LogP contribution in [0, 0.1) is 0 Å². The summed E-state index contributed by atoms with van der Waals surface area (Å²) in [5.41, 5.74) is 7.45. The molecule has 0 aliphatic heterocycles. The van der Waals surface area contributed by atoms with E-state index in [4.69, 9.17) is 15.2 Å². The van der Waals surface area contributed by atoms with E-state index < -0.39 is 0 Å². The Morgan fingerprint density at radius 1 is 1.11 bits per heavy atom. The van der Waals surface area contributed by atoms with Gasteiger partial charge in [0.15, 0.2) is 11.5 Å². The summed E-state index contributed by atoms with van der Waals surface area (Å²) in [6.45, 7) is 0.460. The van der Waals surface area contributed by atoms with Gasteiger partial charge in [-0.15, -0.1) is 0 Å². The number of anilines is 1. The smallest absolute Gasteiger partial charge is 0.161 e. The first-order valence-corrected chi connectivity index (χ1v) is 6.29. The number of ether oxygens (including phenoxy) is 2. The van der Waals surface area contributed by atoms with Crippen LogP contribution in [0.15, 0.2) is 46.9 Å². The van der Waals surface area contributed by atoms with Crippen LogP contribution in [-0.4, -0.2) is 7.11 Å². The van der Waals surface area contributed by atoms with Crippen LogP contribution < -0.4 is 15.2 Å². The Bertz CT molecular complexity index is 543. The Morgan fingerprint density at radius 2 is 1.83 bits per heavy atom. The van der Waals surface area contributed by atoms with E-state index in [1.165, 1.54) is 0 Å². The Kier molecular flexibility index (Phi) is 4.10. The lowest BCUT2D eigenvalue weighted by Crippen LogP contribution is -1.99. The molecule has 0 aromatic heterocycles. The van der Waals surface area contributed by atoms with Gasteiger partial charge >= 0.3 is 0 Å². The van der Waals surface area contributed by atoms with Crippen molar-refractivity contribution < 1.29 is 9.47 Å². The van der Waals surface area contributed by atoms with Crippen molar-refractivity contribution in [3.8, 4) is 11.5 Å². The molecule has 2 aromatic rings. The topological polar surface area (TPSA) is 44.5 Å². The molecule has 0 amide bonds. The molecule has 0 atom stereocenters. The number of benzene rings is 2. The van der Waals surface area contributed by atoms with Crippen molar-refractivity contribution in [2.45, 2.75) is 6.61 Å². The molecule has 3 nitrogen and oxygen atoms in total. The second-order valence-corrected chi connectivity index (χ2v) is 4.64. The quantitative estimate of drug-likeness (QED) is 0.877. The highest BCUT2D eigenvalue weighted by molar-refractivity contribution is 9.10. The van der Waals surface area contributed by atoms with Crippen LogP contribution in [0.5, 0.6) is 11.5 Å². The van der Waals surface area contributed by atoms with Crippen molar-refractivity contribution in [1.29, 1.82) is 0 Å². The molecule has 4 heteroatoms. The van der Waals surface area contributed by atoms with E-state index in [1.807, 2.05) is 42.5 Å². The summed E-state index contributed by atoms with van der Waals surface area (Å²) < 4.78 is 11.9. The van der Waals surface area contributed by atoms with Gasteiger partial charge in [0.2, 0.25) is 0 Å². The number of rotatable bonds is 4. The van der Waals surface area contributed by atoms with Crippen LogP contribution in [0.25, 0.3) is 0 Å². The third kappa shape index (κ3) is 2.96. The van der Waals surface area contributed by atoms with E-state index >= 15 is 0 Å². The third-order valence-corrected chi connectivity index (χ3v) is 3.27. The number of para-hydroxylation sites is 2. The molecule has 0 saturated heterocycles. The van der Waals surface area contributed by atoms with E-state index in [9.17, 15) is 0 Å². The summed E-state index contributed by atoms with van der Waals surface area (Å²) in [5, 5.41) is 0. The molecule has 0 heterocycles. The maximum absolute atomic E-state index is 5.74. The summed E-state index contributed by atoms with van der Waals surface area (Å²) in [5.74, 6) is 1.45. The van der Waals surface area contributed by atoms with Crippen molar-refractivity contribution in [2.24, 2.45) is 0 Å². The highest BCUT2D eigenvalue weighted by Gasteiger charge is 2.05. The summed E-state index contributed by atoms with van der Waals surface area (Å²) in [7, 11) is 1.63. The standard InChI is InChI=1S/C14H14BrNO2/c1-17-13-4-2-3-5-14(13)18-9-10-6-7-11(16)8-12(10)15/h2-8H,9,16H2,1H3. The summed E-state index contributed by atoms with van der Waals surface area (Å²) in [6, 6.07) is 13.2. The van der Waals surface area contributed by atoms with Crippen molar-refractivity contribution >= 4 is 21.6 Å². The molecule has 0 aliphatic carbocycles. The van der Waals surface area contributed by atoms with E-state index in [2.05, 4.69) is 15.9 Å². The van der Waals surface area contributed by atoms with E-state index in [0.717, 1.165) is 27.2 Å². The number of nitrogens with two attached hydrogens (primary N) is 1. The van der Waals surface area contributed by atoms with Gasteiger partial charge in [-0.3, -0.25) is 0 Å². The van der Waals surface area contributed by atoms with Crippen molar-refractivity contribution in [3.05, 3.63) is 52.5 Å². The van der Waals surface area contributed by atoms with Crippen molar-refractivity contribution in [3.63, 3.8) is 0 Å². The van der Waals surface area contributed by atoms with Crippen LogP contribution in [0.1, 0.15) is 5.56 Å². The normalized spacial score (nSPS) is 10.1. The van der Waals surface area contributed by atoms with Gasteiger partial charge in [-0.05, 0) is 24.3 Å². The molecule has 0 aliphatic rings. The Labute approximate surface area is 115 Å². The van der Waals surface area contributed by atoms with Gasteiger partial charge in [0, 0.05) is 15.7 Å². The first kappa shape index (κ1) is 12.8. The van der Waals surface area contributed by atoms with Gasteiger partial charge in [0.1, 0.15) is 6.61 Å². The number of hydrogen-bond donors (Lipinski definition) is 1. The van der Waals surface area contributed by atoms with Gasteiger partial charge in [-0.25, -0.2) is 0 Å². The fourth-order valence-corrected chi connectivity index (χ4v) is 2.09. The largest absolute Gasteiger partial charge is 0.493 e. The molecule has 2 rings (SSSR count). The minimum atomic E-state index is 0.460. The average Bonchev–Trinajstić information content (AvgIpc) is 2.38. The van der Waals surface area contributed by atoms with Crippen LogP contribution in [0.4, 0.5) is 5.69 Å². The van der Waals surface area contributed by atoms with Crippen molar-refractivity contribution in [1.82, 2.24) is 0 Å². The SMILES string of the molecule is COc1ccccc1OCc1ccc(N)cc1Br. The zero-order valence-corrected chi connectivity index (χ0v) is 11.6. The minimum absolute atomic E-state index is 0.460. The van der Waals surface area contributed by atoms with Gasteiger partial charge in [0.25, 0.3) is 0 Å². The highest BCUT2D eigenvalue weighted by Crippen LogP contribution is 2.28. The molecular weight excluding hydrogens is 294 g/mol. The van der Waals surface area contributed by atoms with Crippen LogP contribution in [0.3, 0.4) is 0 Å². The lowest BCUT2D eigenvalue weighted by Gasteiger charge is -2.11. The monoisotopic (exact) mass is 307 g/mol. The molecule has 0 saturated carbocycles. The van der Waals surface area contributed by atoms with Gasteiger partial charge in [-0.1, -0.05) is 34.1 Å². The zero-order chi connectivity index (χ0) is 13.0. The molecule has 2 N–H and O–H groups in total. The highest BCUT2D eigenvalue weighted by atomic mass is 79.9. The number of hydrogen-bond acceptors (Lipinski definition) is 3. The van der Waals surface area contributed by atoms with Crippen LogP contribution in [0.2, 0.25) is 0 Å². The summed E-state index contributed by atoms with van der Waals surface area (Å²) >= 11 is 3.46. The molecule has 18 heavy (non-hydrogen) atoms. The van der Waals surface area contributed by atoms with E-state index in [-0.39, 0.29) is 0 Å². The number of methoxy groups -OCH3 is 1. The second-order valence-electron chi connectivity index (χ2n) is 3.79. The van der Waals surface area contributed by atoms with E-state index in [0.29, 0.717) is 6.61 Å². The first-order valence-electron chi connectivity index (χ1n) is 5.50. The molecule has 2 aromatic carbocycles. The van der Waals surface area contributed by atoms with E-state index in [1.54, 1.807) is 7.11 Å². The molecule has 0 fully saturated rings. The first-order chi connectivity index (χ1) is 8.70. The lowest BCUT2D eigenvalue weighted by molar-refractivity contribution is 0.284. The fraction of sp³-hybridized carbons (Fsp3) is 0.143. The minimum Gasteiger partial charge on any atom is -0.493 e. The molecule has 0 unspecified atom stereocenters. The third-order valence-electron chi connectivity index (χ3n) is 2.53. The Morgan fingerprint density at radius 3 is 2.50 bits per heavy atom. The van der Waals surface area contributed by atoms with Crippen LogP contribution >= 0.6 is 15.9 Å². The maximum atomic E-state index is 5.74. The molecule has 0 bridgehead atoms. The number of nitrogen functional groups attached to an aromatic ring is 1. The summed E-state index contributed by atoms with van der Waals surface area (Å²) in [4.78, 5) is 0. The Hall–Kier alpha value is -1.68. The maximum Gasteiger partial charge on any atom is 0.161 e. The predicted octanol–water partition coefficient (Wildman–Crippen LogP) is 3.62.